The van der Waals surface area contributed by atoms with Crippen molar-refractivity contribution in [3.8, 4) is 5.75 Å². The van der Waals surface area contributed by atoms with Gasteiger partial charge >= 0.3 is 0 Å². The fourth-order valence-electron chi connectivity index (χ4n) is 1.94. The molecule has 2 aromatic rings. The van der Waals surface area contributed by atoms with E-state index in [1.54, 1.807) is 55.6 Å². The number of hydrogen-bond donors (Lipinski definition) is 2. The molecule has 2 aromatic carbocycles. The Morgan fingerprint density at radius 1 is 1.08 bits per heavy atom. The Kier molecular flexibility index (Phi) is 6.98. The minimum absolute atomic E-state index is 0.146. The van der Waals surface area contributed by atoms with Crippen LogP contribution in [0.4, 0.5) is 0 Å². The Hall–Kier alpha value is -2.86. The third-order valence-corrected chi connectivity index (χ3v) is 3.49. The molecular weight excluding hydrogens is 342 g/mol. The number of benzene rings is 2. The molecule has 0 aromatic heterocycles. The van der Waals surface area contributed by atoms with Gasteiger partial charge in [-0.2, -0.15) is 5.10 Å². The lowest BCUT2D eigenvalue weighted by Crippen LogP contribution is -2.35. The van der Waals surface area contributed by atoms with Crippen LogP contribution >= 0.6 is 11.6 Å². The van der Waals surface area contributed by atoms with Crippen LogP contribution in [0.1, 0.15) is 11.1 Å². The van der Waals surface area contributed by atoms with Crippen LogP contribution in [0.5, 0.6) is 5.75 Å². The molecule has 0 aliphatic heterocycles. The lowest BCUT2D eigenvalue weighted by atomic mass is 10.1. The Balaban J connectivity index is 1.71. The highest BCUT2D eigenvalue weighted by Gasteiger charge is 2.06. The average Bonchev–Trinajstić information content (AvgIpc) is 2.62. The van der Waals surface area contributed by atoms with Crippen molar-refractivity contribution in [1.29, 1.82) is 0 Å². The molecule has 0 saturated heterocycles. The van der Waals surface area contributed by atoms with E-state index in [0.29, 0.717) is 5.02 Å². The number of hydrogen-bond acceptors (Lipinski definition) is 4. The number of hydrazone groups is 1. The summed E-state index contributed by atoms with van der Waals surface area (Å²) in [6.45, 7) is -0.146. The molecule has 6 nitrogen and oxygen atoms in total. The molecule has 0 bridgehead atoms. The number of carbonyl (C=O) groups excluding carboxylic acids is 2. The summed E-state index contributed by atoms with van der Waals surface area (Å²) in [6, 6.07) is 14.2. The molecule has 0 aliphatic rings. The minimum atomic E-state index is -0.409. The van der Waals surface area contributed by atoms with E-state index >= 15 is 0 Å². The SMILES string of the molecule is COc1ccc(CC(=O)NCC(=O)NN=Cc2ccc(Cl)cc2)cc1. The van der Waals surface area contributed by atoms with Crippen molar-refractivity contribution >= 4 is 29.6 Å². The van der Waals surface area contributed by atoms with Gasteiger partial charge in [0, 0.05) is 5.02 Å². The van der Waals surface area contributed by atoms with E-state index in [1.807, 2.05) is 0 Å². The standard InChI is InChI=1S/C18H18ClN3O3/c1-25-16-8-4-13(5-9-16)10-17(23)20-12-18(24)22-21-11-14-2-6-15(19)7-3-14/h2-9,11H,10,12H2,1H3,(H,20,23)(H,22,24). The monoisotopic (exact) mass is 359 g/mol. The zero-order valence-corrected chi connectivity index (χ0v) is 14.4. The Morgan fingerprint density at radius 3 is 2.40 bits per heavy atom. The van der Waals surface area contributed by atoms with Crippen LogP contribution in [0.3, 0.4) is 0 Å². The smallest absolute Gasteiger partial charge is 0.259 e. The van der Waals surface area contributed by atoms with Crippen LogP contribution in [0.15, 0.2) is 53.6 Å². The van der Waals surface area contributed by atoms with Crippen LogP contribution in [0, 0.1) is 0 Å². The molecule has 0 saturated carbocycles. The van der Waals surface area contributed by atoms with Crippen molar-refractivity contribution in [1.82, 2.24) is 10.7 Å². The first-order chi connectivity index (χ1) is 12.1. The molecule has 2 N–H and O–H groups in total. The minimum Gasteiger partial charge on any atom is -0.497 e. The zero-order valence-electron chi connectivity index (χ0n) is 13.7. The van der Waals surface area contributed by atoms with Crippen molar-refractivity contribution in [3.05, 3.63) is 64.7 Å². The Bertz CT molecular complexity index is 743. The largest absolute Gasteiger partial charge is 0.497 e. The summed E-state index contributed by atoms with van der Waals surface area (Å²) in [5.74, 6) is 0.0670. The molecule has 0 fully saturated rings. The lowest BCUT2D eigenvalue weighted by molar-refractivity contribution is -0.125. The molecule has 7 heteroatoms. The molecule has 2 amide bonds. The first kappa shape index (κ1) is 18.5. The molecule has 0 atom stereocenters. The first-order valence-corrected chi connectivity index (χ1v) is 7.91. The van der Waals surface area contributed by atoms with Crippen molar-refractivity contribution in [2.45, 2.75) is 6.42 Å². The molecule has 0 aliphatic carbocycles. The second-order valence-electron chi connectivity index (χ2n) is 5.15. The molecule has 2 rings (SSSR count). The van der Waals surface area contributed by atoms with Gasteiger partial charge in [-0.1, -0.05) is 35.9 Å². The molecule has 0 unspecified atom stereocenters. The van der Waals surface area contributed by atoms with Crippen LogP contribution in [0.25, 0.3) is 0 Å². The number of carbonyl (C=O) groups is 2. The van der Waals surface area contributed by atoms with Crippen LogP contribution in [0.2, 0.25) is 5.02 Å². The maximum absolute atomic E-state index is 11.8. The van der Waals surface area contributed by atoms with Crippen molar-refractivity contribution < 1.29 is 14.3 Å². The number of nitrogens with one attached hydrogen (secondary N) is 2. The predicted molar refractivity (Wildman–Crippen MR) is 96.9 cm³/mol. The van der Waals surface area contributed by atoms with E-state index in [-0.39, 0.29) is 18.9 Å². The molecule has 25 heavy (non-hydrogen) atoms. The summed E-state index contributed by atoms with van der Waals surface area (Å²) >= 11 is 5.78. The summed E-state index contributed by atoms with van der Waals surface area (Å²) in [5.41, 5.74) is 3.98. The number of rotatable bonds is 7. The van der Waals surface area contributed by atoms with Crippen LogP contribution < -0.4 is 15.5 Å². The Labute approximate surface area is 150 Å². The fraction of sp³-hybridized carbons (Fsp3) is 0.167. The second-order valence-corrected chi connectivity index (χ2v) is 5.58. The summed E-state index contributed by atoms with van der Waals surface area (Å²) in [4.78, 5) is 23.5. The van der Waals surface area contributed by atoms with Gasteiger partial charge < -0.3 is 10.1 Å². The van der Waals surface area contributed by atoms with Gasteiger partial charge in [-0.05, 0) is 35.4 Å². The average molecular weight is 360 g/mol. The van der Waals surface area contributed by atoms with Gasteiger partial charge in [-0.3, -0.25) is 9.59 Å². The number of methoxy groups -OCH3 is 1. The van der Waals surface area contributed by atoms with Gasteiger partial charge in [0.1, 0.15) is 5.75 Å². The third-order valence-electron chi connectivity index (χ3n) is 3.24. The quantitative estimate of drug-likeness (QED) is 0.587. The predicted octanol–water partition coefficient (Wildman–Crippen LogP) is 2.16. The molecular formula is C18H18ClN3O3. The maximum Gasteiger partial charge on any atom is 0.259 e. The van der Waals surface area contributed by atoms with E-state index in [9.17, 15) is 9.59 Å². The van der Waals surface area contributed by atoms with Gasteiger partial charge in [0.25, 0.3) is 5.91 Å². The molecule has 0 spiro atoms. The molecule has 130 valence electrons. The molecule has 0 radical (unpaired) electrons. The lowest BCUT2D eigenvalue weighted by Gasteiger charge is -2.05. The summed E-state index contributed by atoms with van der Waals surface area (Å²) in [7, 11) is 1.58. The number of halogens is 1. The van der Waals surface area contributed by atoms with E-state index < -0.39 is 5.91 Å². The second kappa shape index (κ2) is 9.44. The Morgan fingerprint density at radius 2 is 1.76 bits per heavy atom. The highest BCUT2D eigenvalue weighted by molar-refractivity contribution is 6.30. The number of ether oxygens (including phenoxy) is 1. The van der Waals surface area contributed by atoms with E-state index in [2.05, 4.69) is 15.8 Å². The first-order valence-electron chi connectivity index (χ1n) is 7.54. The topological polar surface area (TPSA) is 79.8 Å². The summed E-state index contributed by atoms with van der Waals surface area (Å²) in [6.07, 6.45) is 1.68. The van der Waals surface area contributed by atoms with Gasteiger partial charge in [-0.25, -0.2) is 5.43 Å². The highest BCUT2D eigenvalue weighted by atomic mass is 35.5. The number of nitrogens with zero attached hydrogens (tertiary/aromatic N) is 1. The maximum atomic E-state index is 11.8. The highest BCUT2D eigenvalue weighted by Crippen LogP contribution is 2.11. The van der Waals surface area contributed by atoms with Crippen molar-refractivity contribution in [2.24, 2.45) is 5.10 Å². The zero-order chi connectivity index (χ0) is 18.1. The third kappa shape index (κ3) is 6.64. The van der Waals surface area contributed by atoms with Crippen LogP contribution in [-0.4, -0.2) is 31.7 Å². The van der Waals surface area contributed by atoms with Crippen LogP contribution in [-0.2, 0) is 16.0 Å². The van der Waals surface area contributed by atoms with E-state index in [1.165, 1.54) is 6.21 Å². The number of amides is 2. The van der Waals surface area contributed by atoms with Crippen molar-refractivity contribution in [3.63, 3.8) is 0 Å². The summed E-state index contributed by atoms with van der Waals surface area (Å²) < 4.78 is 5.05. The summed E-state index contributed by atoms with van der Waals surface area (Å²) in [5, 5.41) is 6.99. The van der Waals surface area contributed by atoms with Gasteiger partial charge in [0.05, 0.1) is 26.3 Å². The van der Waals surface area contributed by atoms with E-state index in [0.717, 1.165) is 16.9 Å². The van der Waals surface area contributed by atoms with Gasteiger partial charge in [-0.15, -0.1) is 0 Å². The van der Waals surface area contributed by atoms with Gasteiger partial charge in [0.15, 0.2) is 0 Å². The van der Waals surface area contributed by atoms with Gasteiger partial charge in [0.2, 0.25) is 5.91 Å². The van der Waals surface area contributed by atoms with E-state index in [4.69, 9.17) is 16.3 Å². The van der Waals surface area contributed by atoms with Crippen molar-refractivity contribution in [2.75, 3.05) is 13.7 Å². The molecule has 0 heterocycles. The fourth-order valence-corrected chi connectivity index (χ4v) is 2.06. The normalized spacial score (nSPS) is 10.5.